The minimum atomic E-state index is -5.08. The number of halogens is 3. The van der Waals surface area contributed by atoms with Crippen molar-refractivity contribution in [2.24, 2.45) is 0 Å². The minimum absolute atomic E-state index is 0.112. The first kappa shape index (κ1) is 23.6. The van der Waals surface area contributed by atoms with Gasteiger partial charge < -0.3 is 14.6 Å². The van der Waals surface area contributed by atoms with Gasteiger partial charge in [-0.05, 0) is 31.9 Å². The number of ether oxygens (including phenoxy) is 2. The summed E-state index contributed by atoms with van der Waals surface area (Å²) in [5, 5.41) is 10.3. The van der Waals surface area contributed by atoms with Gasteiger partial charge in [-0.3, -0.25) is 9.88 Å². The quantitative estimate of drug-likeness (QED) is 0.733. The molecule has 7 nitrogen and oxygen atoms in total. The van der Waals surface area contributed by atoms with E-state index < -0.39 is 12.1 Å². The van der Waals surface area contributed by atoms with Gasteiger partial charge in [-0.1, -0.05) is 6.07 Å². The van der Waals surface area contributed by atoms with Crippen LogP contribution in [0.1, 0.15) is 29.2 Å². The number of hydrogen-bond acceptors (Lipinski definition) is 7. The smallest absolute Gasteiger partial charge is 0.475 e. The number of carboxylic acids is 1. The third-order valence-corrected chi connectivity index (χ3v) is 5.85. The maximum absolute atomic E-state index is 10.6. The van der Waals surface area contributed by atoms with Gasteiger partial charge in [0.15, 0.2) is 0 Å². The third kappa shape index (κ3) is 6.70. The van der Waals surface area contributed by atoms with Crippen LogP contribution < -0.4 is 0 Å². The van der Waals surface area contributed by atoms with Crippen molar-refractivity contribution in [3.05, 3.63) is 46.2 Å². The highest BCUT2D eigenvalue weighted by atomic mass is 32.1. The summed E-state index contributed by atoms with van der Waals surface area (Å²) in [6.45, 7) is 5.20. The Labute approximate surface area is 181 Å². The lowest BCUT2D eigenvalue weighted by molar-refractivity contribution is -0.192. The van der Waals surface area contributed by atoms with Gasteiger partial charge in [0.25, 0.3) is 0 Å². The van der Waals surface area contributed by atoms with Gasteiger partial charge in [0.05, 0.1) is 29.1 Å². The maximum Gasteiger partial charge on any atom is 0.490 e. The second-order valence-electron chi connectivity index (χ2n) is 7.31. The summed E-state index contributed by atoms with van der Waals surface area (Å²) in [4.78, 5) is 20.3. The van der Waals surface area contributed by atoms with E-state index in [1.54, 1.807) is 11.3 Å². The van der Waals surface area contributed by atoms with Crippen molar-refractivity contribution < 1.29 is 32.5 Å². The first-order valence-electron chi connectivity index (χ1n) is 9.82. The summed E-state index contributed by atoms with van der Waals surface area (Å²) < 4.78 is 44.0. The molecule has 31 heavy (non-hydrogen) atoms. The fourth-order valence-corrected chi connectivity index (χ4v) is 4.30. The Morgan fingerprint density at radius 2 is 2.16 bits per heavy atom. The second kappa shape index (κ2) is 10.5. The highest BCUT2D eigenvalue weighted by Crippen LogP contribution is 2.32. The number of carbonyl (C=O) groups is 1. The van der Waals surface area contributed by atoms with Gasteiger partial charge >= 0.3 is 12.1 Å². The van der Waals surface area contributed by atoms with Crippen LogP contribution >= 0.6 is 11.3 Å². The van der Waals surface area contributed by atoms with Gasteiger partial charge in [0.2, 0.25) is 0 Å². The van der Waals surface area contributed by atoms with E-state index in [1.807, 2.05) is 25.3 Å². The second-order valence-corrected chi connectivity index (χ2v) is 8.37. The Bertz CT molecular complexity index is 850. The number of aromatic nitrogens is 2. The van der Waals surface area contributed by atoms with Crippen molar-refractivity contribution in [2.75, 3.05) is 13.2 Å². The zero-order valence-electron chi connectivity index (χ0n) is 16.9. The molecule has 0 radical (unpaired) electrons. The highest BCUT2D eigenvalue weighted by molar-refractivity contribution is 7.09. The average Bonchev–Trinajstić information content (AvgIpc) is 3.30. The Balaban J connectivity index is 0.000000339. The number of pyridine rings is 1. The first-order valence-corrected chi connectivity index (χ1v) is 10.7. The van der Waals surface area contributed by atoms with E-state index in [1.165, 1.54) is 6.42 Å². The Hall–Kier alpha value is -2.08. The van der Waals surface area contributed by atoms with Gasteiger partial charge in [0, 0.05) is 37.3 Å². The molecular formula is C20H24F3N3O4S. The fraction of sp³-hybridized carbons (Fsp3) is 0.550. The van der Waals surface area contributed by atoms with Crippen molar-refractivity contribution >= 4 is 17.3 Å². The molecule has 0 aliphatic carbocycles. The molecule has 2 aromatic rings. The van der Waals surface area contributed by atoms with E-state index in [4.69, 9.17) is 19.4 Å². The molecule has 3 atom stereocenters. The van der Waals surface area contributed by atoms with Crippen LogP contribution in [0.4, 0.5) is 13.2 Å². The molecule has 170 valence electrons. The van der Waals surface area contributed by atoms with Crippen molar-refractivity contribution in [1.29, 1.82) is 0 Å². The highest BCUT2D eigenvalue weighted by Gasteiger charge is 2.44. The molecule has 2 saturated heterocycles. The number of alkyl halides is 3. The summed E-state index contributed by atoms with van der Waals surface area (Å²) in [5.41, 5.74) is 2.13. The summed E-state index contributed by atoms with van der Waals surface area (Å²) in [6, 6.07) is 6.53. The van der Waals surface area contributed by atoms with Crippen LogP contribution in [0.2, 0.25) is 0 Å². The molecule has 1 N–H and O–H groups in total. The van der Waals surface area contributed by atoms with E-state index in [2.05, 4.69) is 26.3 Å². The topological polar surface area (TPSA) is 84.8 Å². The molecule has 4 rings (SSSR count). The molecule has 2 aromatic heterocycles. The predicted octanol–water partition coefficient (Wildman–Crippen LogP) is 3.43. The molecule has 4 heterocycles. The largest absolute Gasteiger partial charge is 0.490 e. The lowest BCUT2D eigenvalue weighted by Crippen LogP contribution is -2.41. The molecule has 11 heteroatoms. The number of nitrogens with zero attached hydrogens (tertiary/aromatic N) is 3. The lowest BCUT2D eigenvalue weighted by Gasteiger charge is -2.32. The number of rotatable bonds is 5. The normalized spacial score (nSPS) is 23.7. The van der Waals surface area contributed by atoms with E-state index in [0.29, 0.717) is 12.6 Å². The Morgan fingerprint density at radius 3 is 2.77 bits per heavy atom. The van der Waals surface area contributed by atoms with Crippen LogP contribution in [0.5, 0.6) is 0 Å². The molecule has 2 aliphatic heterocycles. The van der Waals surface area contributed by atoms with Crippen LogP contribution in [0.3, 0.4) is 0 Å². The number of hydrogen-bond donors (Lipinski definition) is 1. The first-order chi connectivity index (χ1) is 14.7. The molecule has 0 spiro atoms. The number of likely N-dealkylation sites (tertiary alicyclic amines) is 1. The Morgan fingerprint density at radius 1 is 1.39 bits per heavy atom. The minimum Gasteiger partial charge on any atom is -0.475 e. The van der Waals surface area contributed by atoms with Crippen molar-refractivity contribution in [3.8, 4) is 0 Å². The molecule has 0 amide bonds. The zero-order valence-corrected chi connectivity index (χ0v) is 17.7. The molecule has 0 bridgehead atoms. The van der Waals surface area contributed by atoms with Crippen LogP contribution in [-0.4, -0.2) is 63.5 Å². The number of carboxylic acid groups (broad SMARTS) is 1. The van der Waals surface area contributed by atoms with Crippen molar-refractivity contribution in [1.82, 2.24) is 14.9 Å². The molecule has 2 fully saturated rings. The van der Waals surface area contributed by atoms with Gasteiger partial charge in [-0.25, -0.2) is 9.78 Å². The van der Waals surface area contributed by atoms with E-state index in [0.717, 1.165) is 42.5 Å². The van der Waals surface area contributed by atoms with Gasteiger partial charge in [0.1, 0.15) is 6.10 Å². The summed E-state index contributed by atoms with van der Waals surface area (Å²) in [7, 11) is 0. The zero-order chi connectivity index (χ0) is 22.4. The summed E-state index contributed by atoms with van der Waals surface area (Å²) in [5.74, 6) is -2.76. The molecule has 0 unspecified atom stereocenters. The van der Waals surface area contributed by atoms with Gasteiger partial charge in [-0.15, -0.1) is 11.3 Å². The van der Waals surface area contributed by atoms with E-state index in [9.17, 15) is 13.2 Å². The van der Waals surface area contributed by atoms with Crippen LogP contribution in [0.25, 0.3) is 0 Å². The monoisotopic (exact) mass is 459 g/mol. The maximum atomic E-state index is 10.6. The molecule has 0 aromatic carbocycles. The van der Waals surface area contributed by atoms with Crippen molar-refractivity contribution in [3.63, 3.8) is 0 Å². The fourth-order valence-electron chi connectivity index (χ4n) is 3.70. The van der Waals surface area contributed by atoms with Gasteiger partial charge in [-0.2, -0.15) is 13.2 Å². The predicted molar refractivity (Wildman–Crippen MR) is 107 cm³/mol. The van der Waals surface area contributed by atoms with E-state index >= 15 is 0 Å². The van der Waals surface area contributed by atoms with Crippen LogP contribution in [0.15, 0.2) is 29.8 Å². The number of aliphatic carboxylic acids is 1. The van der Waals surface area contributed by atoms with Crippen LogP contribution in [-0.2, 0) is 27.4 Å². The average molecular weight is 459 g/mol. The third-order valence-electron chi connectivity index (χ3n) is 5.03. The number of fused-ring (bicyclic) bond motifs is 1. The number of aryl methyl sites for hydroxylation is 1. The SMILES string of the molecule is Cc1nc(CO[C@H]2CN(Cc3ccccn3)[C@@H]3CCCO[C@H]23)cs1.O=C(O)C(F)(F)F. The summed E-state index contributed by atoms with van der Waals surface area (Å²) >= 11 is 1.67. The molecule has 0 saturated carbocycles. The molecule has 2 aliphatic rings. The van der Waals surface area contributed by atoms with Crippen molar-refractivity contribution in [2.45, 2.75) is 57.3 Å². The van der Waals surface area contributed by atoms with Crippen LogP contribution in [0, 0.1) is 6.92 Å². The standard InChI is InChI=1S/C18H23N3O2S.C2HF3O2/c1-13-20-15(12-24-13)11-23-17-10-21(9-14-5-2-3-7-19-14)16-6-4-8-22-18(16)17;3-2(4,5)1(6)7/h2-3,5,7,12,16-18H,4,6,8-11H2,1H3;(H,6,7)/t16-,17+,18+;/m1./s1. The van der Waals surface area contributed by atoms with E-state index in [-0.39, 0.29) is 12.2 Å². The molecular weight excluding hydrogens is 435 g/mol. The number of thiazole rings is 1. The lowest BCUT2D eigenvalue weighted by atomic mass is 10.0. The summed E-state index contributed by atoms with van der Waals surface area (Å²) in [6.07, 6.45) is -0.646. The Kier molecular flexibility index (Phi) is 7.98.